The molecule has 1 unspecified atom stereocenters. The summed E-state index contributed by atoms with van der Waals surface area (Å²) in [5.74, 6) is 2.56. The predicted octanol–water partition coefficient (Wildman–Crippen LogP) is 2.73. The lowest BCUT2D eigenvalue weighted by Gasteiger charge is -2.11. The van der Waals surface area contributed by atoms with Crippen LogP contribution < -0.4 is 5.32 Å². The number of rotatable bonds is 3. The molecule has 0 aliphatic carbocycles. The minimum atomic E-state index is 0.309. The van der Waals surface area contributed by atoms with E-state index in [1.807, 2.05) is 12.1 Å². The molecule has 0 aliphatic rings. The summed E-state index contributed by atoms with van der Waals surface area (Å²) in [7, 11) is 0. The molecule has 13 heavy (non-hydrogen) atoms. The van der Waals surface area contributed by atoms with Gasteiger partial charge in [0.2, 0.25) is 0 Å². The third kappa shape index (κ3) is 3.22. The molecule has 1 aromatic rings. The number of hydrogen-bond acceptors (Lipinski definition) is 1. The van der Waals surface area contributed by atoms with E-state index in [0.717, 1.165) is 4.47 Å². The molecule has 0 aromatic heterocycles. The highest BCUT2D eigenvalue weighted by Gasteiger charge is 2.02. The summed E-state index contributed by atoms with van der Waals surface area (Å²) >= 11 is 3.39. The maximum absolute atomic E-state index is 5.16. The first-order chi connectivity index (χ1) is 6.24. The highest BCUT2D eigenvalue weighted by Crippen LogP contribution is 2.15. The third-order valence-electron chi connectivity index (χ3n) is 1.88. The molecule has 1 rings (SSSR count). The second-order valence-electron chi connectivity index (χ2n) is 2.86. The molecule has 0 spiro atoms. The van der Waals surface area contributed by atoms with Crippen molar-refractivity contribution in [2.45, 2.75) is 13.0 Å². The molecule has 0 aliphatic heterocycles. The van der Waals surface area contributed by atoms with Gasteiger partial charge in [0.1, 0.15) is 0 Å². The van der Waals surface area contributed by atoms with E-state index in [2.05, 4.69) is 46.2 Å². The van der Waals surface area contributed by atoms with Crippen LogP contribution in [0.2, 0.25) is 0 Å². The first-order valence-electron chi connectivity index (χ1n) is 4.16. The van der Waals surface area contributed by atoms with Crippen LogP contribution >= 0.6 is 15.9 Å². The van der Waals surface area contributed by atoms with Crippen LogP contribution in [0.1, 0.15) is 18.5 Å². The number of benzene rings is 1. The summed E-state index contributed by atoms with van der Waals surface area (Å²) in [6.07, 6.45) is 5.16. The first kappa shape index (κ1) is 10.3. The van der Waals surface area contributed by atoms with Crippen LogP contribution in [0.5, 0.6) is 0 Å². The van der Waals surface area contributed by atoms with Crippen LogP contribution in [0, 0.1) is 12.3 Å². The highest BCUT2D eigenvalue weighted by atomic mass is 79.9. The smallest absolute Gasteiger partial charge is 0.0578 e. The first-order valence-corrected chi connectivity index (χ1v) is 4.95. The van der Waals surface area contributed by atoms with E-state index in [1.165, 1.54) is 5.56 Å². The average Bonchev–Trinajstić information content (AvgIpc) is 2.15. The van der Waals surface area contributed by atoms with Gasteiger partial charge in [-0.05, 0) is 24.6 Å². The van der Waals surface area contributed by atoms with Crippen molar-refractivity contribution in [2.75, 3.05) is 6.54 Å². The van der Waals surface area contributed by atoms with Crippen molar-refractivity contribution in [3.63, 3.8) is 0 Å². The monoisotopic (exact) mass is 237 g/mol. The van der Waals surface area contributed by atoms with Gasteiger partial charge in [0.25, 0.3) is 0 Å². The molecular formula is C11H12BrN. The summed E-state index contributed by atoms with van der Waals surface area (Å²) in [6.45, 7) is 2.71. The normalized spacial score (nSPS) is 12.1. The number of hydrogen-bond donors (Lipinski definition) is 1. The minimum Gasteiger partial charge on any atom is -0.300 e. The zero-order chi connectivity index (χ0) is 9.68. The fourth-order valence-corrected chi connectivity index (χ4v) is 1.35. The highest BCUT2D eigenvalue weighted by molar-refractivity contribution is 9.10. The lowest BCUT2D eigenvalue weighted by Crippen LogP contribution is -2.18. The van der Waals surface area contributed by atoms with Gasteiger partial charge < -0.3 is 0 Å². The van der Waals surface area contributed by atoms with Gasteiger partial charge in [0.15, 0.2) is 0 Å². The van der Waals surface area contributed by atoms with Crippen molar-refractivity contribution >= 4 is 15.9 Å². The van der Waals surface area contributed by atoms with Crippen LogP contribution in [0.25, 0.3) is 0 Å². The second kappa shape index (κ2) is 5.06. The van der Waals surface area contributed by atoms with E-state index in [-0.39, 0.29) is 0 Å². The van der Waals surface area contributed by atoms with E-state index in [0.29, 0.717) is 12.6 Å². The second-order valence-corrected chi connectivity index (χ2v) is 3.77. The molecule has 2 heteroatoms. The molecule has 0 radical (unpaired) electrons. The zero-order valence-electron chi connectivity index (χ0n) is 7.55. The van der Waals surface area contributed by atoms with Gasteiger partial charge in [0, 0.05) is 10.5 Å². The van der Waals surface area contributed by atoms with Crippen molar-refractivity contribution in [1.29, 1.82) is 0 Å². The van der Waals surface area contributed by atoms with Gasteiger partial charge in [-0.3, -0.25) is 5.32 Å². The van der Waals surface area contributed by atoms with E-state index in [9.17, 15) is 0 Å². The molecule has 0 saturated heterocycles. The Bertz CT molecular complexity index is 297. The predicted molar refractivity (Wildman–Crippen MR) is 59.4 cm³/mol. The van der Waals surface area contributed by atoms with Crippen molar-refractivity contribution in [1.82, 2.24) is 5.32 Å². The number of nitrogens with one attached hydrogen (secondary N) is 1. The molecule has 0 amide bonds. The molecule has 68 valence electrons. The van der Waals surface area contributed by atoms with Crippen molar-refractivity contribution < 1.29 is 0 Å². The Labute approximate surface area is 87.7 Å². The molecular weight excluding hydrogens is 226 g/mol. The van der Waals surface area contributed by atoms with E-state index < -0.39 is 0 Å². The molecule has 0 heterocycles. The Balaban J connectivity index is 2.62. The zero-order valence-corrected chi connectivity index (χ0v) is 9.14. The average molecular weight is 238 g/mol. The van der Waals surface area contributed by atoms with Gasteiger partial charge in [0.05, 0.1) is 6.54 Å². The number of halogens is 1. The van der Waals surface area contributed by atoms with Gasteiger partial charge >= 0.3 is 0 Å². The van der Waals surface area contributed by atoms with Crippen molar-refractivity contribution in [3.8, 4) is 12.3 Å². The lowest BCUT2D eigenvalue weighted by atomic mass is 10.1. The van der Waals surface area contributed by atoms with Crippen LogP contribution in [-0.4, -0.2) is 6.54 Å². The van der Waals surface area contributed by atoms with Gasteiger partial charge in [-0.1, -0.05) is 34.0 Å². The molecule has 1 atom stereocenters. The quantitative estimate of drug-likeness (QED) is 0.798. The summed E-state index contributed by atoms with van der Waals surface area (Å²) in [4.78, 5) is 0. The fraction of sp³-hybridized carbons (Fsp3) is 0.273. The summed E-state index contributed by atoms with van der Waals surface area (Å²) in [6, 6.07) is 8.53. The van der Waals surface area contributed by atoms with Crippen LogP contribution in [0.4, 0.5) is 0 Å². The SMILES string of the molecule is C#CCNC(C)c1ccc(Br)cc1. The third-order valence-corrected chi connectivity index (χ3v) is 2.41. The minimum absolute atomic E-state index is 0.309. The van der Waals surface area contributed by atoms with Crippen molar-refractivity contribution in [2.24, 2.45) is 0 Å². The molecule has 1 nitrogen and oxygen atoms in total. The Morgan fingerprint density at radius 2 is 2.08 bits per heavy atom. The maximum Gasteiger partial charge on any atom is 0.0578 e. The lowest BCUT2D eigenvalue weighted by molar-refractivity contribution is 0.623. The Hall–Kier alpha value is -0.780. The summed E-state index contributed by atoms with van der Waals surface area (Å²) in [5.41, 5.74) is 1.25. The van der Waals surface area contributed by atoms with E-state index in [1.54, 1.807) is 0 Å². The Morgan fingerprint density at radius 3 is 2.62 bits per heavy atom. The summed E-state index contributed by atoms with van der Waals surface area (Å²) in [5, 5.41) is 3.22. The fourth-order valence-electron chi connectivity index (χ4n) is 1.08. The molecule has 1 aromatic carbocycles. The summed E-state index contributed by atoms with van der Waals surface area (Å²) < 4.78 is 1.10. The Morgan fingerprint density at radius 1 is 1.46 bits per heavy atom. The van der Waals surface area contributed by atoms with Gasteiger partial charge in [-0.2, -0.15) is 0 Å². The Kier molecular flexibility index (Phi) is 4.01. The molecule has 1 N–H and O–H groups in total. The molecule has 0 saturated carbocycles. The van der Waals surface area contributed by atoms with Crippen LogP contribution in [-0.2, 0) is 0 Å². The molecule has 0 bridgehead atoms. The van der Waals surface area contributed by atoms with E-state index in [4.69, 9.17) is 6.42 Å². The topological polar surface area (TPSA) is 12.0 Å². The van der Waals surface area contributed by atoms with Gasteiger partial charge in [-0.25, -0.2) is 0 Å². The van der Waals surface area contributed by atoms with Gasteiger partial charge in [-0.15, -0.1) is 6.42 Å². The largest absolute Gasteiger partial charge is 0.300 e. The maximum atomic E-state index is 5.16. The number of terminal acetylenes is 1. The van der Waals surface area contributed by atoms with E-state index >= 15 is 0 Å². The van der Waals surface area contributed by atoms with Crippen LogP contribution in [0.15, 0.2) is 28.7 Å². The standard InChI is InChI=1S/C11H12BrN/c1-3-8-13-9(2)10-4-6-11(12)7-5-10/h1,4-7,9,13H,8H2,2H3. The van der Waals surface area contributed by atoms with Crippen molar-refractivity contribution in [3.05, 3.63) is 34.3 Å². The molecule has 0 fully saturated rings. The van der Waals surface area contributed by atoms with Crippen LogP contribution in [0.3, 0.4) is 0 Å².